The maximum atomic E-state index is 13.9. The number of carboxylic acid groups (broad SMARTS) is 1. The van der Waals surface area contributed by atoms with E-state index in [0.717, 1.165) is 5.01 Å². The topological polar surface area (TPSA) is 52.9 Å². The second-order valence-corrected chi connectivity index (χ2v) is 3.63. The molecule has 0 radical (unpaired) electrons. The third-order valence-corrected chi connectivity index (χ3v) is 2.80. The Morgan fingerprint density at radius 1 is 1.44 bits per heavy atom. The lowest BCUT2D eigenvalue weighted by atomic mass is 10.1. The molecule has 1 heterocycles. The highest BCUT2D eigenvalue weighted by Crippen LogP contribution is 2.46. The molecule has 5 heteroatoms. The summed E-state index contributed by atoms with van der Waals surface area (Å²) in [7, 11) is 0. The van der Waals surface area contributed by atoms with E-state index >= 15 is 0 Å². The normalized spacial score (nSPS) is 21.3. The second kappa shape index (κ2) is 2.91. The van der Waals surface area contributed by atoms with E-state index in [1.807, 2.05) is 0 Å². The van der Waals surface area contributed by atoms with Crippen LogP contribution in [-0.2, 0) is 0 Å². The fourth-order valence-electron chi connectivity index (χ4n) is 2.12. The Bertz CT molecular complexity index is 551. The van der Waals surface area contributed by atoms with Gasteiger partial charge in [-0.3, -0.25) is 0 Å². The molecule has 1 amide bonds. The van der Waals surface area contributed by atoms with E-state index in [9.17, 15) is 9.18 Å². The minimum absolute atomic E-state index is 0.323. The monoisotopic (exact) mass is 218 g/mol. The zero-order valence-corrected chi connectivity index (χ0v) is 8.09. The second-order valence-electron chi connectivity index (χ2n) is 3.63. The van der Waals surface area contributed by atoms with E-state index in [4.69, 9.17) is 5.11 Å². The van der Waals surface area contributed by atoms with Gasteiger partial charge in [-0.2, -0.15) is 10.1 Å². The molecular formula is C11H7FN2O2. The van der Waals surface area contributed by atoms with Gasteiger partial charge in [0.25, 0.3) is 0 Å². The minimum Gasteiger partial charge on any atom is -0.464 e. The minimum atomic E-state index is -1.18. The first kappa shape index (κ1) is 9.08. The number of benzene rings is 1. The van der Waals surface area contributed by atoms with Crippen LogP contribution >= 0.6 is 0 Å². The first-order chi connectivity index (χ1) is 7.70. The largest absolute Gasteiger partial charge is 0.464 e. The highest BCUT2D eigenvalue weighted by Gasteiger charge is 2.40. The van der Waals surface area contributed by atoms with Crippen molar-refractivity contribution in [2.75, 3.05) is 0 Å². The van der Waals surface area contributed by atoms with Gasteiger partial charge in [0.1, 0.15) is 11.9 Å². The molecule has 4 nitrogen and oxygen atoms in total. The van der Waals surface area contributed by atoms with Crippen molar-refractivity contribution in [2.45, 2.75) is 6.04 Å². The van der Waals surface area contributed by atoms with Gasteiger partial charge in [-0.1, -0.05) is 24.3 Å². The van der Waals surface area contributed by atoms with Crippen molar-refractivity contribution in [1.82, 2.24) is 5.01 Å². The number of hydrogen-bond acceptors (Lipinski definition) is 2. The van der Waals surface area contributed by atoms with Crippen LogP contribution in [0.3, 0.4) is 0 Å². The van der Waals surface area contributed by atoms with E-state index in [1.165, 1.54) is 6.21 Å². The standard InChI is InChI=1S/C11H7FN2O2/c12-9-6-3-1-2-4-7(6)10-8(9)5-13-14(10)11(15)16/h1-5,10H,(H,15,16). The molecule has 0 saturated carbocycles. The average molecular weight is 218 g/mol. The zero-order valence-electron chi connectivity index (χ0n) is 8.09. The maximum absolute atomic E-state index is 13.9. The van der Waals surface area contributed by atoms with Crippen molar-refractivity contribution >= 4 is 18.1 Å². The molecule has 1 atom stereocenters. The van der Waals surface area contributed by atoms with Gasteiger partial charge in [0.05, 0.1) is 6.21 Å². The zero-order chi connectivity index (χ0) is 11.3. The number of rotatable bonds is 0. The van der Waals surface area contributed by atoms with Crippen LogP contribution in [0, 0.1) is 0 Å². The SMILES string of the molecule is O=C(O)N1N=CC2=C(F)c3ccccc3C21. The Morgan fingerprint density at radius 3 is 2.94 bits per heavy atom. The van der Waals surface area contributed by atoms with Crippen LogP contribution in [-0.4, -0.2) is 22.4 Å². The molecule has 1 unspecified atom stereocenters. The van der Waals surface area contributed by atoms with Crippen LogP contribution in [0.1, 0.15) is 17.2 Å². The van der Waals surface area contributed by atoms with Crippen LogP contribution in [0.4, 0.5) is 9.18 Å². The number of nitrogens with zero attached hydrogens (tertiary/aromatic N) is 2. The van der Waals surface area contributed by atoms with Gasteiger partial charge in [-0.05, 0) is 5.56 Å². The fourth-order valence-corrected chi connectivity index (χ4v) is 2.12. The molecule has 0 spiro atoms. The molecule has 2 aliphatic rings. The average Bonchev–Trinajstić information content (AvgIpc) is 2.81. The van der Waals surface area contributed by atoms with E-state index in [2.05, 4.69) is 5.10 Å². The summed E-state index contributed by atoms with van der Waals surface area (Å²) in [5.74, 6) is -0.381. The third-order valence-electron chi connectivity index (χ3n) is 2.80. The van der Waals surface area contributed by atoms with Crippen molar-refractivity contribution in [3.63, 3.8) is 0 Å². The number of carbonyl (C=O) groups is 1. The predicted octanol–water partition coefficient (Wildman–Crippen LogP) is 2.40. The van der Waals surface area contributed by atoms with Crippen molar-refractivity contribution in [3.8, 4) is 0 Å². The first-order valence-corrected chi connectivity index (χ1v) is 4.75. The number of halogens is 1. The van der Waals surface area contributed by atoms with Gasteiger partial charge < -0.3 is 5.11 Å². The lowest BCUT2D eigenvalue weighted by Gasteiger charge is -2.17. The summed E-state index contributed by atoms with van der Waals surface area (Å²) in [4.78, 5) is 10.9. The van der Waals surface area contributed by atoms with Crippen molar-refractivity contribution in [1.29, 1.82) is 0 Å². The predicted molar refractivity (Wildman–Crippen MR) is 55.6 cm³/mol. The summed E-state index contributed by atoms with van der Waals surface area (Å²) in [5.41, 5.74) is 1.43. The number of hydrogen-bond donors (Lipinski definition) is 1. The third kappa shape index (κ3) is 0.970. The molecule has 0 saturated heterocycles. The van der Waals surface area contributed by atoms with Crippen LogP contribution < -0.4 is 0 Å². The summed E-state index contributed by atoms with van der Waals surface area (Å²) in [6.07, 6.45) is 0.0921. The molecule has 1 aromatic rings. The van der Waals surface area contributed by atoms with E-state index < -0.39 is 12.1 Å². The van der Waals surface area contributed by atoms with Gasteiger partial charge in [0.15, 0.2) is 0 Å². The molecule has 1 aliphatic heterocycles. The number of fused-ring (bicyclic) bond motifs is 3. The van der Waals surface area contributed by atoms with Crippen molar-refractivity contribution in [2.24, 2.45) is 5.10 Å². The molecule has 0 bridgehead atoms. The molecule has 0 aromatic heterocycles. The molecule has 1 aromatic carbocycles. The summed E-state index contributed by atoms with van der Waals surface area (Å²) in [6, 6.07) is 6.23. The van der Waals surface area contributed by atoms with Gasteiger partial charge >= 0.3 is 6.09 Å². The molecule has 16 heavy (non-hydrogen) atoms. The first-order valence-electron chi connectivity index (χ1n) is 4.75. The van der Waals surface area contributed by atoms with Gasteiger partial charge in [0.2, 0.25) is 0 Å². The summed E-state index contributed by atoms with van der Waals surface area (Å²) >= 11 is 0. The van der Waals surface area contributed by atoms with Crippen molar-refractivity contribution in [3.05, 3.63) is 41.0 Å². The van der Waals surface area contributed by atoms with Crippen LogP contribution in [0.2, 0.25) is 0 Å². The quantitative estimate of drug-likeness (QED) is 0.726. The fraction of sp³-hybridized carbons (Fsp3) is 0.0909. The van der Waals surface area contributed by atoms with E-state index in [1.54, 1.807) is 24.3 Å². The summed E-state index contributed by atoms with van der Waals surface area (Å²) in [6.45, 7) is 0. The lowest BCUT2D eigenvalue weighted by molar-refractivity contribution is 0.139. The molecular weight excluding hydrogens is 211 g/mol. The van der Waals surface area contributed by atoms with Crippen molar-refractivity contribution < 1.29 is 14.3 Å². The number of amides is 1. The Morgan fingerprint density at radius 2 is 2.19 bits per heavy atom. The van der Waals surface area contributed by atoms with Gasteiger partial charge in [-0.25, -0.2) is 9.18 Å². The van der Waals surface area contributed by atoms with Gasteiger partial charge in [-0.15, -0.1) is 0 Å². The van der Waals surface area contributed by atoms with E-state index in [-0.39, 0.29) is 5.83 Å². The smallest absolute Gasteiger partial charge is 0.428 e. The Labute approximate surface area is 90.3 Å². The maximum Gasteiger partial charge on any atom is 0.428 e. The van der Waals surface area contributed by atoms with Crippen LogP contribution in [0.5, 0.6) is 0 Å². The molecule has 1 N–H and O–H groups in total. The summed E-state index contributed by atoms with van der Waals surface area (Å²) in [5, 5.41) is 13.5. The Kier molecular flexibility index (Phi) is 1.65. The van der Waals surface area contributed by atoms with Gasteiger partial charge in [0, 0.05) is 11.1 Å². The Balaban J connectivity index is 2.19. The molecule has 0 fully saturated rings. The molecule has 80 valence electrons. The highest BCUT2D eigenvalue weighted by atomic mass is 19.1. The lowest BCUT2D eigenvalue weighted by Crippen LogP contribution is -2.25. The van der Waals surface area contributed by atoms with E-state index in [0.29, 0.717) is 16.7 Å². The molecule has 1 aliphatic carbocycles. The Hall–Kier alpha value is -2.17. The highest BCUT2D eigenvalue weighted by molar-refractivity contribution is 5.98. The molecule has 3 rings (SSSR count). The number of hydrazone groups is 1. The van der Waals surface area contributed by atoms with Crippen LogP contribution in [0.25, 0.3) is 5.83 Å². The van der Waals surface area contributed by atoms with Crippen LogP contribution in [0.15, 0.2) is 34.9 Å². The summed E-state index contributed by atoms with van der Waals surface area (Å²) < 4.78 is 13.9.